The fourth-order valence-corrected chi connectivity index (χ4v) is 4.33. The molecule has 1 aliphatic rings. The number of methoxy groups -OCH3 is 1. The number of hydrogen-bond donors (Lipinski definition) is 1. The molecular formula is C22H21BrN2O5S. The molecule has 31 heavy (non-hydrogen) atoms. The lowest BCUT2D eigenvalue weighted by Crippen LogP contribution is -2.28. The summed E-state index contributed by atoms with van der Waals surface area (Å²) in [5.41, 5.74) is 1.33. The van der Waals surface area contributed by atoms with Crippen molar-refractivity contribution in [2.75, 3.05) is 25.6 Å². The predicted molar refractivity (Wildman–Crippen MR) is 124 cm³/mol. The minimum Gasteiger partial charge on any atom is -0.493 e. The molecule has 9 heteroatoms. The van der Waals surface area contributed by atoms with E-state index in [4.69, 9.17) is 9.47 Å². The molecule has 0 spiro atoms. The fraction of sp³-hybridized carbons (Fsp3) is 0.227. The normalized spacial score (nSPS) is 14.8. The lowest BCUT2D eigenvalue weighted by Gasteiger charge is -2.14. The van der Waals surface area contributed by atoms with Gasteiger partial charge in [-0.05, 0) is 70.0 Å². The van der Waals surface area contributed by atoms with E-state index >= 15 is 0 Å². The average Bonchev–Trinajstić information content (AvgIpc) is 3.01. The highest BCUT2D eigenvalue weighted by Gasteiger charge is 2.34. The number of carbonyl (C=O) groups excluding carboxylic acids is 3. The first-order valence-corrected chi connectivity index (χ1v) is 11.1. The third-order valence-electron chi connectivity index (χ3n) is 4.28. The maximum absolute atomic E-state index is 12.4. The number of hydrogen-bond acceptors (Lipinski definition) is 6. The van der Waals surface area contributed by atoms with Crippen molar-refractivity contribution in [2.45, 2.75) is 13.3 Å². The van der Waals surface area contributed by atoms with Gasteiger partial charge in [-0.25, -0.2) is 0 Å². The lowest BCUT2D eigenvalue weighted by atomic mass is 10.2. The highest BCUT2D eigenvalue weighted by molar-refractivity contribution is 9.10. The van der Waals surface area contributed by atoms with Crippen molar-refractivity contribution in [3.8, 4) is 11.5 Å². The number of carbonyl (C=O) groups is 3. The van der Waals surface area contributed by atoms with Gasteiger partial charge in [-0.1, -0.05) is 25.1 Å². The largest absolute Gasteiger partial charge is 0.493 e. The van der Waals surface area contributed by atoms with Crippen LogP contribution in [0.15, 0.2) is 51.8 Å². The summed E-state index contributed by atoms with van der Waals surface area (Å²) in [6, 6.07) is 12.5. The molecule has 0 atom stereocenters. The molecule has 1 fully saturated rings. The van der Waals surface area contributed by atoms with E-state index in [-0.39, 0.29) is 23.7 Å². The van der Waals surface area contributed by atoms with E-state index in [1.807, 2.05) is 25.1 Å². The molecule has 0 saturated carbocycles. The van der Waals surface area contributed by atoms with Gasteiger partial charge in [0.1, 0.15) is 0 Å². The van der Waals surface area contributed by atoms with Crippen LogP contribution in [-0.2, 0) is 9.59 Å². The van der Waals surface area contributed by atoms with Gasteiger partial charge in [0.25, 0.3) is 17.1 Å². The van der Waals surface area contributed by atoms with Crippen LogP contribution in [0.3, 0.4) is 0 Å². The number of nitrogens with zero attached hydrogens (tertiary/aromatic N) is 1. The van der Waals surface area contributed by atoms with Crippen molar-refractivity contribution >= 4 is 56.5 Å². The van der Waals surface area contributed by atoms with Gasteiger partial charge in [0.2, 0.25) is 0 Å². The number of halogens is 1. The minimum atomic E-state index is -0.311. The Morgan fingerprint density at radius 3 is 2.65 bits per heavy atom. The molecule has 162 valence electrons. The second-order valence-electron chi connectivity index (χ2n) is 6.57. The van der Waals surface area contributed by atoms with Crippen LogP contribution in [0.4, 0.5) is 10.5 Å². The Labute approximate surface area is 192 Å². The Morgan fingerprint density at radius 2 is 1.97 bits per heavy atom. The Bertz CT molecular complexity index is 1030. The zero-order valence-electron chi connectivity index (χ0n) is 17.0. The first-order chi connectivity index (χ1) is 14.9. The molecule has 0 aromatic heterocycles. The van der Waals surface area contributed by atoms with E-state index in [0.29, 0.717) is 45.1 Å². The summed E-state index contributed by atoms with van der Waals surface area (Å²) >= 11 is 4.35. The third kappa shape index (κ3) is 5.68. The standard InChI is InChI=1S/C22H21BrN2O5S/c1-3-9-25-21(27)18(31-22(25)28)12-14-10-16(23)20(17(11-14)29-2)30-13-19(26)24-15-7-5-4-6-8-15/h4-8,10-12H,3,9,13H2,1-2H3,(H,24,26)/b18-12+. The van der Waals surface area contributed by atoms with Crippen molar-refractivity contribution in [2.24, 2.45) is 0 Å². The first kappa shape index (κ1) is 22.9. The van der Waals surface area contributed by atoms with E-state index in [9.17, 15) is 14.4 Å². The van der Waals surface area contributed by atoms with Gasteiger partial charge in [0.05, 0.1) is 16.5 Å². The maximum Gasteiger partial charge on any atom is 0.293 e. The lowest BCUT2D eigenvalue weighted by molar-refractivity contribution is -0.122. The van der Waals surface area contributed by atoms with Crippen molar-refractivity contribution in [1.82, 2.24) is 4.90 Å². The Balaban J connectivity index is 1.74. The average molecular weight is 505 g/mol. The third-order valence-corrected chi connectivity index (χ3v) is 5.77. The molecule has 0 radical (unpaired) electrons. The maximum atomic E-state index is 12.4. The van der Waals surface area contributed by atoms with E-state index in [0.717, 1.165) is 11.8 Å². The number of amides is 3. The van der Waals surface area contributed by atoms with Gasteiger partial charge in [-0.3, -0.25) is 19.3 Å². The van der Waals surface area contributed by atoms with Crippen LogP contribution in [0.5, 0.6) is 11.5 Å². The summed E-state index contributed by atoms with van der Waals surface area (Å²) < 4.78 is 11.6. The SMILES string of the molecule is CCCN1C(=O)S/C(=C/c2cc(Br)c(OCC(=O)Nc3ccccc3)c(OC)c2)C1=O. The summed E-state index contributed by atoms with van der Waals surface area (Å²) in [6.07, 6.45) is 2.34. The van der Waals surface area contributed by atoms with Crippen molar-refractivity contribution in [3.05, 3.63) is 57.4 Å². The molecule has 3 amide bonds. The fourth-order valence-electron chi connectivity index (χ4n) is 2.89. The molecule has 2 aromatic rings. The molecule has 0 bridgehead atoms. The van der Waals surface area contributed by atoms with Gasteiger partial charge in [0.15, 0.2) is 18.1 Å². The second-order valence-corrected chi connectivity index (χ2v) is 8.42. The van der Waals surface area contributed by atoms with E-state index < -0.39 is 0 Å². The van der Waals surface area contributed by atoms with Crippen LogP contribution in [0.1, 0.15) is 18.9 Å². The number of rotatable bonds is 8. The molecular weight excluding hydrogens is 484 g/mol. The summed E-state index contributed by atoms with van der Waals surface area (Å²) in [4.78, 5) is 38.2. The Morgan fingerprint density at radius 1 is 1.23 bits per heavy atom. The van der Waals surface area contributed by atoms with E-state index in [2.05, 4.69) is 21.2 Å². The van der Waals surface area contributed by atoms with E-state index in [1.165, 1.54) is 12.0 Å². The van der Waals surface area contributed by atoms with Gasteiger partial charge < -0.3 is 14.8 Å². The summed E-state index contributed by atoms with van der Waals surface area (Å²) in [5, 5.41) is 2.48. The highest BCUT2D eigenvalue weighted by Crippen LogP contribution is 2.39. The summed E-state index contributed by atoms with van der Waals surface area (Å²) in [5.74, 6) is 0.140. The number of thioether (sulfide) groups is 1. The van der Waals surface area contributed by atoms with Crippen LogP contribution in [0.25, 0.3) is 6.08 Å². The van der Waals surface area contributed by atoms with Crippen molar-refractivity contribution in [1.29, 1.82) is 0 Å². The summed E-state index contributed by atoms with van der Waals surface area (Å²) in [6.45, 7) is 2.10. The number of ether oxygens (including phenoxy) is 2. The van der Waals surface area contributed by atoms with Gasteiger partial charge in [-0.2, -0.15) is 0 Å². The quantitative estimate of drug-likeness (QED) is 0.513. The number of para-hydroxylation sites is 1. The predicted octanol–water partition coefficient (Wildman–Crippen LogP) is 4.92. The molecule has 0 unspecified atom stereocenters. The van der Waals surface area contributed by atoms with Crippen LogP contribution in [-0.4, -0.2) is 42.2 Å². The molecule has 1 saturated heterocycles. The minimum absolute atomic E-state index is 0.209. The zero-order valence-corrected chi connectivity index (χ0v) is 19.4. The molecule has 1 N–H and O–H groups in total. The smallest absolute Gasteiger partial charge is 0.293 e. The van der Waals surface area contributed by atoms with Gasteiger partial charge in [0, 0.05) is 12.2 Å². The Kier molecular flexibility index (Phi) is 7.75. The monoisotopic (exact) mass is 504 g/mol. The first-order valence-electron chi connectivity index (χ1n) is 9.53. The molecule has 7 nitrogen and oxygen atoms in total. The number of anilines is 1. The van der Waals surface area contributed by atoms with Crippen LogP contribution < -0.4 is 14.8 Å². The van der Waals surface area contributed by atoms with Gasteiger partial charge >= 0.3 is 0 Å². The zero-order chi connectivity index (χ0) is 22.4. The van der Waals surface area contributed by atoms with Crippen molar-refractivity contribution < 1.29 is 23.9 Å². The topological polar surface area (TPSA) is 84.9 Å². The highest BCUT2D eigenvalue weighted by atomic mass is 79.9. The Hall–Kier alpha value is -2.78. The van der Waals surface area contributed by atoms with Crippen molar-refractivity contribution in [3.63, 3.8) is 0 Å². The van der Waals surface area contributed by atoms with Crippen LogP contribution in [0.2, 0.25) is 0 Å². The van der Waals surface area contributed by atoms with Gasteiger partial charge in [-0.15, -0.1) is 0 Å². The molecule has 0 aliphatic carbocycles. The van der Waals surface area contributed by atoms with Crippen LogP contribution >= 0.6 is 27.7 Å². The number of imide groups is 1. The molecule has 3 rings (SSSR count). The number of benzene rings is 2. The molecule has 1 heterocycles. The summed E-state index contributed by atoms with van der Waals surface area (Å²) in [7, 11) is 1.48. The molecule has 2 aromatic carbocycles. The number of nitrogens with one attached hydrogen (secondary N) is 1. The van der Waals surface area contributed by atoms with Crippen LogP contribution in [0, 0.1) is 0 Å². The van der Waals surface area contributed by atoms with E-state index in [1.54, 1.807) is 30.3 Å². The second kappa shape index (κ2) is 10.5. The molecule has 1 aliphatic heterocycles.